The number of hydrogen-bond acceptors (Lipinski definition) is 4. The Morgan fingerprint density at radius 3 is 2.63 bits per heavy atom. The van der Waals surface area contributed by atoms with Gasteiger partial charge in [-0.05, 0) is 39.0 Å². The van der Waals surface area contributed by atoms with E-state index in [2.05, 4.69) is 11.6 Å². The lowest BCUT2D eigenvalue weighted by atomic mass is 10.1. The number of allylic oxidation sites excluding steroid dienone is 1. The lowest BCUT2D eigenvalue weighted by molar-refractivity contribution is 0.0476. The number of carbonyl (C=O) groups is 2. The van der Waals surface area contributed by atoms with E-state index in [1.807, 2.05) is 55.7 Å². The van der Waals surface area contributed by atoms with Gasteiger partial charge in [-0.1, -0.05) is 24.3 Å². The van der Waals surface area contributed by atoms with E-state index in [4.69, 9.17) is 4.74 Å². The Balaban J connectivity index is 1.80. The van der Waals surface area contributed by atoms with Crippen molar-refractivity contribution < 1.29 is 14.3 Å². The Hall–Kier alpha value is -3.21. The number of ketones is 1. The summed E-state index contributed by atoms with van der Waals surface area (Å²) in [6, 6.07) is 10.9. The third-order valence-corrected chi connectivity index (χ3v) is 4.58. The Morgan fingerprint density at radius 2 is 1.89 bits per heavy atom. The minimum Gasteiger partial charge on any atom is -0.454 e. The van der Waals surface area contributed by atoms with Gasteiger partial charge in [0, 0.05) is 34.6 Å². The van der Waals surface area contributed by atoms with Crippen LogP contribution in [0, 0.1) is 20.8 Å². The van der Waals surface area contributed by atoms with Crippen LogP contribution in [0.3, 0.4) is 0 Å². The van der Waals surface area contributed by atoms with Crippen LogP contribution in [0.1, 0.15) is 37.8 Å². The molecule has 27 heavy (non-hydrogen) atoms. The number of ether oxygens (including phenoxy) is 1. The predicted octanol–water partition coefficient (Wildman–Crippen LogP) is 4.19. The van der Waals surface area contributed by atoms with Crippen LogP contribution in [0.25, 0.3) is 10.9 Å². The molecule has 0 N–H and O–H groups in total. The van der Waals surface area contributed by atoms with Crippen molar-refractivity contribution in [3.8, 4) is 0 Å². The highest BCUT2D eigenvalue weighted by molar-refractivity contribution is 6.05. The van der Waals surface area contributed by atoms with E-state index >= 15 is 0 Å². The summed E-state index contributed by atoms with van der Waals surface area (Å²) in [7, 11) is 0. The highest BCUT2D eigenvalue weighted by atomic mass is 16.5. The van der Waals surface area contributed by atoms with Crippen molar-refractivity contribution in [3.63, 3.8) is 0 Å². The Labute approximate surface area is 158 Å². The smallest absolute Gasteiger partial charge is 0.339 e. The molecule has 5 nitrogen and oxygen atoms in total. The van der Waals surface area contributed by atoms with E-state index < -0.39 is 5.97 Å². The summed E-state index contributed by atoms with van der Waals surface area (Å²) in [5.41, 5.74) is 4.25. The maximum absolute atomic E-state index is 12.6. The molecule has 0 atom stereocenters. The molecule has 0 amide bonds. The highest BCUT2D eigenvalue weighted by Gasteiger charge is 2.19. The normalized spacial score (nSPS) is 10.8. The molecule has 3 rings (SSSR count). The summed E-state index contributed by atoms with van der Waals surface area (Å²) >= 11 is 0. The van der Waals surface area contributed by atoms with Gasteiger partial charge in [0.15, 0.2) is 6.61 Å². The molecule has 0 saturated carbocycles. The first-order chi connectivity index (χ1) is 12.9. The fourth-order valence-electron chi connectivity index (χ4n) is 3.26. The number of aryl methyl sites for hydroxylation is 2. The zero-order chi connectivity index (χ0) is 19.6. The maximum Gasteiger partial charge on any atom is 0.339 e. The summed E-state index contributed by atoms with van der Waals surface area (Å²) in [5.74, 6) is -0.744. The van der Waals surface area contributed by atoms with Crippen LogP contribution in [-0.4, -0.2) is 27.9 Å². The number of esters is 1. The first-order valence-electron chi connectivity index (χ1n) is 8.76. The SMILES string of the molecule is C=CCn1c(C)cc(C(=O)COC(=O)c2cc(C)nc3ccccc23)c1C. The van der Waals surface area contributed by atoms with E-state index in [0.717, 1.165) is 22.6 Å². The number of hydrogen-bond donors (Lipinski definition) is 0. The summed E-state index contributed by atoms with van der Waals surface area (Å²) in [6.45, 7) is 9.71. The van der Waals surface area contributed by atoms with Gasteiger partial charge < -0.3 is 9.30 Å². The molecule has 0 bridgehead atoms. The van der Waals surface area contributed by atoms with Gasteiger partial charge in [-0.2, -0.15) is 0 Å². The standard InChI is InChI=1S/C22H22N2O3/c1-5-10-24-15(3)12-18(16(24)4)21(25)13-27-22(26)19-11-14(2)23-20-9-7-6-8-17(19)20/h5-9,11-12H,1,10,13H2,2-4H3. The van der Waals surface area contributed by atoms with Crippen LogP contribution in [0.15, 0.2) is 49.1 Å². The minimum absolute atomic E-state index is 0.221. The molecule has 0 aliphatic heterocycles. The van der Waals surface area contributed by atoms with Gasteiger partial charge in [0.2, 0.25) is 5.78 Å². The number of rotatable bonds is 6. The molecular weight excluding hydrogens is 340 g/mol. The number of nitrogens with zero attached hydrogens (tertiary/aromatic N) is 2. The van der Waals surface area contributed by atoms with Gasteiger partial charge in [0.25, 0.3) is 0 Å². The molecule has 0 unspecified atom stereocenters. The Kier molecular flexibility index (Phi) is 5.21. The molecule has 0 radical (unpaired) electrons. The lowest BCUT2D eigenvalue weighted by Gasteiger charge is -2.09. The van der Waals surface area contributed by atoms with Crippen molar-refractivity contribution in [2.75, 3.05) is 6.61 Å². The van der Waals surface area contributed by atoms with Gasteiger partial charge in [0.1, 0.15) is 0 Å². The van der Waals surface area contributed by atoms with E-state index in [0.29, 0.717) is 23.1 Å². The van der Waals surface area contributed by atoms with Gasteiger partial charge in [-0.15, -0.1) is 6.58 Å². The first kappa shape index (κ1) is 18.6. The van der Waals surface area contributed by atoms with Crippen molar-refractivity contribution in [1.29, 1.82) is 0 Å². The van der Waals surface area contributed by atoms with Crippen LogP contribution in [0.5, 0.6) is 0 Å². The van der Waals surface area contributed by atoms with E-state index in [9.17, 15) is 9.59 Å². The predicted molar refractivity (Wildman–Crippen MR) is 105 cm³/mol. The number of carbonyl (C=O) groups excluding carboxylic acids is 2. The number of fused-ring (bicyclic) bond motifs is 1. The molecule has 2 heterocycles. The van der Waals surface area contributed by atoms with Gasteiger partial charge in [-0.3, -0.25) is 9.78 Å². The molecule has 3 aromatic rings. The van der Waals surface area contributed by atoms with Gasteiger partial charge in [0.05, 0.1) is 11.1 Å². The zero-order valence-corrected chi connectivity index (χ0v) is 15.8. The van der Waals surface area contributed by atoms with E-state index in [-0.39, 0.29) is 12.4 Å². The van der Waals surface area contributed by atoms with Crippen molar-refractivity contribution in [3.05, 3.63) is 77.3 Å². The average Bonchev–Trinajstić information content (AvgIpc) is 2.93. The topological polar surface area (TPSA) is 61.2 Å². The molecule has 138 valence electrons. The van der Waals surface area contributed by atoms with E-state index in [1.54, 1.807) is 12.1 Å². The fourth-order valence-corrected chi connectivity index (χ4v) is 3.26. The molecule has 0 saturated heterocycles. The third-order valence-electron chi connectivity index (χ3n) is 4.58. The second-order valence-corrected chi connectivity index (χ2v) is 6.51. The van der Waals surface area contributed by atoms with Crippen molar-refractivity contribution in [1.82, 2.24) is 9.55 Å². The van der Waals surface area contributed by atoms with Crippen LogP contribution < -0.4 is 0 Å². The molecule has 1 aromatic carbocycles. The van der Waals surface area contributed by atoms with Crippen molar-refractivity contribution in [2.24, 2.45) is 0 Å². The van der Waals surface area contributed by atoms with Crippen molar-refractivity contribution >= 4 is 22.7 Å². The first-order valence-corrected chi connectivity index (χ1v) is 8.76. The molecule has 0 spiro atoms. The lowest BCUT2D eigenvalue weighted by Crippen LogP contribution is -2.15. The number of para-hydroxylation sites is 1. The molecular formula is C22H22N2O3. The van der Waals surface area contributed by atoms with Crippen LogP contribution in [0.2, 0.25) is 0 Å². The molecule has 5 heteroatoms. The monoisotopic (exact) mass is 362 g/mol. The summed E-state index contributed by atoms with van der Waals surface area (Å²) < 4.78 is 7.33. The summed E-state index contributed by atoms with van der Waals surface area (Å²) in [6.07, 6.45) is 1.78. The largest absolute Gasteiger partial charge is 0.454 e. The average molecular weight is 362 g/mol. The molecule has 0 aliphatic rings. The fraction of sp³-hybridized carbons (Fsp3) is 0.227. The van der Waals surface area contributed by atoms with Crippen LogP contribution in [0.4, 0.5) is 0 Å². The maximum atomic E-state index is 12.6. The number of pyridine rings is 1. The number of benzene rings is 1. The van der Waals surface area contributed by atoms with E-state index in [1.165, 1.54) is 0 Å². The summed E-state index contributed by atoms with van der Waals surface area (Å²) in [5, 5.41) is 0.713. The number of aromatic nitrogens is 2. The highest BCUT2D eigenvalue weighted by Crippen LogP contribution is 2.20. The molecule has 0 fully saturated rings. The third kappa shape index (κ3) is 3.67. The molecule has 2 aromatic heterocycles. The van der Waals surface area contributed by atoms with Crippen LogP contribution >= 0.6 is 0 Å². The molecule has 0 aliphatic carbocycles. The van der Waals surface area contributed by atoms with Crippen LogP contribution in [-0.2, 0) is 11.3 Å². The second kappa shape index (κ2) is 7.58. The summed E-state index contributed by atoms with van der Waals surface area (Å²) in [4.78, 5) is 29.6. The zero-order valence-electron chi connectivity index (χ0n) is 15.8. The quantitative estimate of drug-likeness (QED) is 0.375. The Morgan fingerprint density at radius 1 is 1.15 bits per heavy atom. The van der Waals surface area contributed by atoms with Crippen molar-refractivity contribution in [2.45, 2.75) is 27.3 Å². The second-order valence-electron chi connectivity index (χ2n) is 6.51. The number of Topliss-reactive ketones (excluding diaryl/α,β-unsaturated/α-hetero) is 1. The Bertz CT molecular complexity index is 1050. The van der Waals surface area contributed by atoms with Gasteiger partial charge >= 0.3 is 5.97 Å². The minimum atomic E-state index is -0.523. The van der Waals surface area contributed by atoms with Gasteiger partial charge in [-0.25, -0.2) is 4.79 Å².